The molecule has 1 saturated heterocycles. The molecule has 0 saturated carbocycles. The molecule has 1 aliphatic heterocycles. The van der Waals surface area contributed by atoms with E-state index in [1.807, 2.05) is 24.0 Å². The molecule has 4 nitrogen and oxygen atoms in total. The van der Waals surface area contributed by atoms with Gasteiger partial charge in [-0.15, -0.1) is 0 Å². The van der Waals surface area contributed by atoms with E-state index in [-0.39, 0.29) is 11.9 Å². The lowest BCUT2D eigenvalue weighted by Crippen LogP contribution is -2.31. The fraction of sp³-hybridized carbons (Fsp3) is 0.412. The minimum absolute atomic E-state index is 0.0389. The molecule has 1 atom stereocenters. The molecule has 1 aromatic heterocycles. The van der Waals surface area contributed by atoms with Crippen molar-refractivity contribution >= 4 is 5.91 Å². The highest BCUT2D eigenvalue weighted by molar-refractivity contribution is 5.96. The first-order valence-corrected chi connectivity index (χ1v) is 7.39. The molecular formula is C17H20N2O2. The highest BCUT2D eigenvalue weighted by atomic mass is 16.5. The molecule has 0 aliphatic carbocycles. The number of nitrogens with zero attached hydrogens (tertiary/aromatic N) is 2. The predicted molar refractivity (Wildman–Crippen MR) is 80.2 cm³/mol. The van der Waals surface area contributed by atoms with E-state index in [0.717, 1.165) is 19.4 Å². The highest BCUT2D eigenvalue weighted by Gasteiger charge is 2.33. The molecule has 1 aliphatic rings. The Labute approximate surface area is 124 Å². The van der Waals surface area contributed by atoms with Crippen molar-refractivity contribution in [1.82, 2.24) is 10.1 Å². The van der Waals surface area contributed by atoms with E-state index >= 15 is 0 Å². The summed E-state index contributed by atoms with van der Waals surface area (Å²) in [5.41, 5.74) is 3.78. The first-order chi connectivity index (χ1) is 10.1. The lowest BCUT2D eigenvalue weighted by molar-refractivity contribution is 0.0733. The van der Waals surface area contributed by atoms with Crippen LogP contribution in [0.5, 0.6) is 0 Å². The smallest absolute Gasteiger partial charge is 0.259 e. The summed E-state index contributed by atoms with van der Waals surface area (Å²) in [6.45, 7) is 6.52. The Bertz CT molecular complexity index is 656. The molecule has 1 fully saturated rings. The molecule has 110 valence electrons. The van der Waals surface area contributed by atoms with Gasteiger partial charge in [0.05, 0.1) is 11.7 Å². The number of hydrogen-bond acceptors (Lipinski definition) is 3. The van der Waals surface area contributed by atoms with Crippen molar-refractivity contribution < 1.29 is 9.32 Å². The van der Waals surface area contributed by atoms with Gasteiger partial charge >= 0.3 is 0 Å². The third kappa shape index (κ3) is 2.35. The van der Waals surface area contributed by atoms with E-state index in [1.54, 1.807) is 6.92 Å². The van der Waals surface area contributed by atoms with Crippen LogP contribution in [0, 0.1) is 20.8 Å². The molecule has 0 unspecified atom stereocenters. The van der Waals surface area contributed by atoms with Crippen LogP contribution in [0.2, 0.25) is 0 Å². The largest absolute Gasteiger partial charge is 0.361 e. The maximum Gasteiger partial charge on any atom is 0.259 e. The Morgan fingerprint density at radius 1 is 1.29 bits per heavy atom. The number of likely N-dealkylation sites (tertiary alicyclic amines) is 1. The quantitative estimate of drug-likeness (QED) is 0.846. The van der Waals surface area contributed by atoms with Gasteiger partial charge in [-0.1, -0.05) is 29.4 Å². The zero-order valence-corrected chi connectivity index (χ0v) is 12.7. The Balaban J connectivity index is 1.95. The summed E-state index contributed by atoms with van der Waals surface area (Å²) >= 11 is 0. The van der Waals surface area contributed by atoms with Gasteiger partial charge < -0.3 is 9.42 Å². The van der Waals surface area contributed by atoms with E-state index in [1.165, 1.54) is 11.1 Å². The van der Waals surface area contributed by atoms with Gasteiger partial charge in [0, 0.05) is 6.54 Å². The van der Waals surface area contributed by atoms with Crippen LogP contribution in [0.4, 0.5) is 0 Å². The maximum absolute atomic E-state index is 12.9. The summed E-state index contributed by atoms with van der Waals surface area (Å²) in [6, 6.07) is 8.46. The third-order valence-electron chi connectivity index (χ3n) is 4.31. The Kier molecular flexibility index (Phi) is 3.53. The summed E-state index contributed by atoms with van der Waals surface area (Å²) in [6.07, 6.45) is 2.05. The minimum Gasteiger partial charge on any atom is -0.361 e. The fourth-order valence-corrected chi connectivity index (χ4v) is 3.23. The molecule has 0 spiro atoms. The van der Waals surface area contributed by atoms with Gasteiger partial charge in [-0.05, 0) is 44.7 Å². The molecule has 4 heteroatoms. The maximum atomic E-state index is 12.9. The second kappa shape index (κ2) is 5.35. The zero-order chi connectivity index (χ0) is 15.0. The third-order valence-corrected chi connectivity index (χ3v) is 4.31. The summed E-state index contributed by atoms with van der Waals surface area (Å²) in [5, 5.41) is 3.90. The number of benzene rings is 1. The average molecular weight is 284 g/mol. The molecule has 0 bridgehead atoms. The number of amides is 1. The van der Waals surface area contributed by atoms with Crippen LogP contribution >= 0.6 is 0 Å². The van der Waals surface area contributed by atoms with Gasteiger partial charge in [0.25, 0.3) is 5.91 Å². The Hall–Kier alpha value is -2.10. The van der Waals surface area contributed by atoms with Crippen LogP contribution < -0.4 is 0 Å². The molecule has 2 aromatic rings. The number of rotatable bonds is 2. The van der Waals surface area contributed by atoms with Crippen molar-refractivity contribution in [3.63, 3.8) is 0 Å². The minimum atomic E-state index is 0.0389. The van der Waals surface area contributed by atoms with Crippen LogP contribution in [0.25, 0.3) is 0 Å². The second-order valence-corrected chi connectivity index (χ2v) is 5.71. The first kappa shape index (κ1) is 13.9. The molecule has 2 heterocycles. The highest BCUT2D eigenvalue weighted by Crippen LogP contribution is 2.35. The van der Waals surface area contributed by atoms with E-state index in [2.05, 4.69) is 24.2 Å². The van der Waals surface area contributed by atoms with Crippen molar-refractivity contribution in [3.05, 3.63) is 52.4 Å². The van der Waals surface area contributed by atoms with Crippen molar-refractivity contribution in [3.8, 4) is 0 Å². The molecule has 21 heavy (non-hydrogen) atoms. The van der Waals surface area contributed by atoms with Crippen molar-refractivity contribution in [2.24, 2.45) is 0 Å². The van der Waals surface area contributed by atoms with Gasteiger partial charge in [0.2, 0.25) is 0 Å². The van der Waals surface area contributed by atoms with Crippen molar-refractivity contribution in [2.75, 3.05) is 6.54 Å². The monoisotopic (exact) mass is 284 g/mol. The van der Waals surface area contributed by atoms with Crippen molar-refractivity contribution in [2.45, 2.75) is 39.7 Å². The van der Waals surface area contributed by atoms with E-state index in [0.29, 0.717) is 17.0 Å². The van der Waals surface area contributed by atoms with Crippen LogP contribution in [0.15, 0.2) is 28.8 Å². The summed E-state index contributed by atoms with van der Waals surface area (Å²) in [5.74, 6) is 0.643. The van der Waals surface area contributed by atoms with Gasteiger partial charge in [-0.3, -0.25) is 4.79 Å². The zero-order valence-electron chi connectivity index (χ0n) is 12.7. The normalized spacial score (nSPS) is 18.2. The first-order valence-electron chi connectivity index (χ1n) is 7.39. The SMILES string of the molecule is Cc1ccccc1[C@@H]1CCCN1C(=O)c1c(C)noc1C. The van der Waals surface area contributed by atoms with Gasteiger partial charge in [-0.2, -0.15) is 0 Å². The molecule has 0 radical (unpaired) electrons. The van der Waals surface area contributed by atoms with Crippen LogP contribution in [-0.4, -0.2) is 22.5 Å². The lowest BCUT2D eigenvalue weighted by atomic mass is 9.99. The standard InChI is InChI=1S/C17H20N2O2/c1-11-7-4-5-8-14(11)15-9-6-10-19(15)17(20)16-12(2)18-21-13(16)3/h4-5,7-8,15H,6,9-10H2,1-3H3/t15-/m0/s1. The summed E-state index contributed by atoms with van der Waals surface area (Å²) < 4.78 is 5.14. The average Bonchev–Trinajstić information content (AvgIpc) is 3.06. The molecule has 1 amide bonds. The van der Waals surface area contributed by atoms with Gasteiger partial charge in [0.15, 0.2) is 0 Å². The number of aromatic nitrogens is 1. The van der Waals surface area contributed by atoms with Crippen molar-refractivity contribution in [1.29, 1.82) is 0 Å². The summed E-state index contributed by atoms with van der Waals surface area (Å²) in [4.78, 5) is 14.8. The van der Waals surface area contributed by atoms with Crippen LogP contribution in [-0.2, 0) is 0 Å². The molecular weight excluding hydrogens is 264 g/mol. The Morgan fingerprint density at radius 3 is 2.71 bits per heavy atom. The predicted octanol–water partition coefficient (Wildman–Crippen LogP) is 3.58. The number of hydrogen-bond donors (Lipinski definition) is 0. The molecule has 1 aromatic carbocycles. The number of aryl methyl sites for hydroxylation is 3. The van der Waals surface area contributed by atoms with Crippen LogP contribution in [0.1, 0.15) is 51.8 Å². The number of carbonyl (C=O) groups is 1. The second-order valence-electron chi connectivity index (χ2n) is 5.71. The Morgan fingerprint density at radius 2 is 2.05 bits per heavy atom. The van der Waals surface area contributed by atoms with E-state index < -0.39 is 0 Å². The van der Waals surface area contributed by atoms with Gasteiger partial charge in [-0.25, -0.2) is 0 Å². The van der Waals surface area contributed by atoms with E-state index in [4.69, 9.17) is 4.52 Å². The fourth-order valence-electron chi connectivity index (χ4n) is 3.23. The topological polar surface area (TPSA) is 46.3 Å². The lowest BCUT2D eigenvalue weighted by Gasteiger charge is -2.26. The van der Waals surface area contributed by atoms with Crippen LogP contribution in [0.3, 0.4) is 0 Å². The van der Waals surface area contributed by atoms with Gasteiger partial charge in [0.1, 0.15) is 11.3 Å². The number of carbonyl (C=O) groups excluding carboxylic acids is 1. The van der Waals surface area contributed by atoms with E-state index in [9.17, 15) is 4.79 Å². The molecule has 0 N–H and O–H groups in total. The molecule has 3 rings (SSSR count). The summed E-state index contributed by atoms with van der Waals surface area (Å²) in [7, 11) is 0.